The molecule has 0 aliphatic carbocycles. The van der Waals surface area contributed by atoms with E-state index in [1.54, 1.807) is 0 Å². The van der Waals surface area contributed by atoms with Crippen molar-refractivity contribution in [2.24, 2.45) is 5.92 Å². The number of nitrogens with zero attached hydrogens (tertiary/aromatic N) is 1. The summed E-state index contributed by atoms with van der Waals surface area (Å²) in [5, 5.41) is 9.69. The van der Waals surface area contributed by atoms with Crippen molar-refractivity contribution in [1.29, 1.82) is 0 Å². The van der Waals surface area contributed by atoms with E-state index in [-0.39, 0.29) is 6.10 Å². The zero-order chi connectivity index (χ0) is 28.4. The minimum Gasteiger partial charge on any atom is -0.494 e. The number of rotatable bonds is 13. The molecule has 3 atom stereocenters. The number of piperidine rings is 1. The Morgan fingerprint density at radius 3 is 2.40 bits per heavy atom. The predicted molar refractivity (Wildman–Crippen MR) is 169 cm³/mol. The lowest BCUT2D eigenvalue weighted by Crippen LogP contribution is -2.50. The van der Waals surface area contributed by atoms with Gasteiger partial charge in [-0.05, 0) is 58.1 Å². The predicted octanol–water partition coefficient (Wildman–Crippen LogP) is 5.58. The van der Waals surface area contributed by atoms with Gasteiger partial charge in [0.05, 0.1) is 32.5 Å². The van der Waals surface area contributed by atoms with Crippen molar-refractivity contribution in [3.8, 4) is 5.75 Å². The van der Waals surface area contributed by atoms with Crippen molar-refractivity contribution in [2.45, 2.75) is 31.7 Å². The zero-order valence-electron chi connectivity index (χ0n) is 24.4. The Hall–Kier alpha value is -3.26. The maximum Gasteiger partial charge on any atom is 0.119 e. The second kappa shape index (κ2) is 14.8. The summed E-state index contributed by atoms with van der Waals surface area (Å²) in [4.78, 5) is 2.53. The number of benzene rings is 4. The first kappa shape index (κ1) is 28.8. The quantitative estimate of drug-likeness (QED) is 0.207. The summed E-state index contributed by atoms with van der Waals surface area (Å²) >= 11 is 0. The third kappa shape index (κ3) is 7.77. The van der Waals surface area contributed by atoms with E-state index in [4.69, 9.17) is 14.2 Å². The van der Waals surface area contributed by atoms with Crippen LogP contribution in [0.3, 0.4) is 0 Å². The summed E-state index contributed by atoms with van der Waals surface area (Å²) in [7, 11) is 0. The van der Waals surface area contributed by atoms with Crippen LogP contribution in [-0.4, -0.2) is 63.6 Å². The molecule has 2 heterocycles. The maximum absolute atomic E-state index is 6.70. The summed E-state index contributed by atoms with van der Waals surface area (Å²) < 4.78 is 18.6. The molecule has 0 saturated carbocycles. The molecule has 4 aromatic carbocycles. The molecule has 2 aliphatic heterocycles. The molecular weight excluding hydrogens is 522 g/mol. The minimum atomic E-state index is 0.0966. The smallest absolute Gasteiger partial charge is 0.119 e. The number of nitrogens with one attached hydrogen (secondary N) is 2. The fourth-order valence-electron chi connectivity index (χ4n) is 6.27. The fraction of sp³-hybridized carbons (Fsp3) is 0.389. The lowest BCUT2D eigenvalue weighted by atomic mass is 9.78. The summed E-state index contributed by atoms with van der Waals surface area (Å²) in [5.74, 6) is 1.69. The second-order valence-electron chi connectivity index (χ2n) is 11.5. The number of hydrogen-bond donors (Lipinski definition) is 2. The van der Waals surface area contributed by atoms with Crippen LogP contribution < -0.4 is 15.4 Å². The average Bonchev–Trinajstić information content (AvgIpc) is 3.56. The standard InChI is InChI=1S/C36H43N3O3/c1-2-7-28(8-3-1)25-40-19-6-20-41-34-15-13-31(14-16-34)36-33(24-39-18-17-37-27-39)22-38-23-35(36)42-26-29-11-12-30-9-4-5-10-32(30)21-29/h1-5,7-16,21,33,35-38H,6,17-20,22-27H2. The Balaban J connectivity index is 1.07. The number of fused-ring (bicyclic) bond motifs is 1. The molecule has 3 unspecified atom stereocenters. The Labute approximate surface area is 250 Å². The largest absolute Gasteiger partial charge is 0.494 e. The van der Waals surface area contributed by atoms with Crippen LogP contribution in [0.15, 0.2) is 97.1 Å². The van der Waals surface area contributed by atoms with E-state index < -0.39 is 0 Å². The van der Waals surface area contributed by atoms with Crippen LogP contribution in [0.25, 0.3) is 10.8 Å². The molecule has 6 nitrogen and oxygen atoms in total. The lowest BCUT2D eigenvalue weighted by molar-refractivity contribution is -0.0105. The molecule has 2 saturated heterocycles. The van der Waals surface area contributed by atoms with Gasteiger partial charge in [-0.3, -0.25) is 4.90 Å². The van der Waals surface area contributed by atoms with Crippen LogP contribution in [-0.2, 0) is 22.7 Å². The van der Waals surface area contributed by atoms with Gasteiger partial charge in [-0.25, -0.2) is 0 Å². The fourth-order valence-corrected chi connectivity index (χ4v) is 6.27. The monoisotopic (exact) mass is 565 g/mol. The van der Waals surface area contributed by atoms with Gasteiger partial charge in [0.25, 0.3) is 0 Å². The highest BCUT2D eigenvalue weighted by Crippen LogP contribution is 2.35. The van der Waals surface area contributed by atoms with Crippen LogP contribution in [0.1, 0.15) is 29.0 Å². The minimum absolute atomic E-state index is 0.0966. The molecular formula is C36H43N3O3. The topological polar surface area (TPSA) is 55.0 Å². The Kier molecular flexibility index (Phi) is 10.1. The molecule has 6 rings (SSSR count). The highest BCUT2D eigenvalue weighted by Gasteiger charge is 2.36. The van der Waals surface area contributed by atoms with E-state index in [2.05, 4.69) is 94.4 Å². The van der Waals surface area contributed by atoms with E-state index in [9.17, 15) is 0 Å². The van der Waals surface area contributed by atoms with Gasteiger partial charge in [-0.2, -0.15) is 0 Å². The van der Waals surface area contributed by atoms with Crippen LogP contribution >= 0.6 is 0 Å². The number of hydrogen-bond acceptors (Lipinski definition) is 6. The summed E-state index contributed by atoms with van der Waals surface area (Å²) in [5.41, 5.74) is 3.75. The van der Waals surface area contributed by atoms with Gasteiger partial charge < -0.3 is 24.8 Å². The Morgan fingerprint density at radius 2 is 1.57 bits per heavy atom. The van der Waals surface area contributed by atoms with Crippen LogP contribution in [0.5, 0.6) is 5.75 Å². The van der Waals surface area contributed by atoms with E-state index in [0.717, 1.165) is 51.6 Å². The first-order valence-corrected chi connectivity index (χ1v) is 15.4. The van der Waals surface area contributed by atoms with Crippen LogP contribution in [0.4, 0.5) is 0 Å². The summed E-state index contributed by atoms with van der Waals surface area (Å²) in [6.07, 6.45) is 0.957. The molecule has 2 N–H and O–H groups in total. The lowest BCUT2D eigenvalue weighted by Gasteiger charge is -2.40. The Bertz CT molecular complexity index is 1370. The normalized spacial score (nSPS) is 21.1. The second-order valence-corrected chi connectivity index (χ2v) is 11.5. The average molecular weight is 566 g/mol. The van der Waals surface area contributed by atoms with Gasteiger partial charge in [0, 0.05) is 45.2 Å². The van der Waals surface area contributed by atoms with Crippen molar-refractivity contribution in [3.63, 3.8) is 0 Å². The highest BCUT2D eigenvalue weighted by atomic mass is 16.5. The van der Waals surface area contributed by atoms with Gasteiger partial charge in [0.1, 0.15) is 5.75 Å². The molecule has 0 bridgehead atoms. The zero-order valence-corrected chi connectivity index (χ0v) is 24.4. The molecule has 0 radical (unpaired) electrons. The van der Waals surface area contributed by atoms with Crippen LogP contribution in [0.2, 0.25) is 0 Å². The Morgan fingerprint density at radius 1 is 0.738 bits per heavy atom. The van der Waals surface area contributed by atoms with Gasteiger partial charge in [-0.1, -0.05) is 78.9 Å². The molecule has 42 heavy (non-hydrogen) atoms. The molecule has 4 aromatic rings. The SMILES string of the molecule is c1ccc(COCCCOc2ccc(C3C(CN4CCNC4)CNCC3OCc3ccc4ccccc4c3)cc2)cc1. The molecule has 0 spiro atoms. The molecule has 0 aromatic heterocycles. The summed E-state index contributed by atoms with van der Waals surface area (Å²) in [6.45, 7) is 8.63. The third-order valence-electron chi connectivity index (χ3n) is 8.45. The van der Waals surface area contributed by atoms with E-state index in [0.29, 0.717) is 38.3 Å². The van der Waals surface area contributed by atoms with Crippen molar-refractivity contribution < 1.29 is 14.2 Å². The van der Waals surface area contributed by atoms with Gasteiger partial charge >= 0.3 is 0 Å². The van der Waals surface area contributed by atoms with Crippen molar-refractivity contribution in [3.05, 3.63) is 114 Å². The molecule has 2 fully saturated rings. The molecule has 2 aliphatic rings. The van der Waals surface area contributed by atoms with Gasteiger partial charge in [0.2, 0.25) is 0 Å². The first-order chi connectivity index (χ1) is 20.8. The molecule has 0 amide bonds. The summed E-state index contributed by atoms with van der Waals surface area (Å²) in [6, 6.07) is 34.2. The molecule has 220 valence electrons. The van der Waals surface area contributed by atoms with Crippen LogP contribution in [0, 0.1) is 5.92 Å². The van der Waals surface area contributed by atoms with Crippen molar-refractivity contribution in [2.75, 3.05) is 52.6 Å². The highest BCUT2D eigenvalue weighted by molar-refractivity contribution is 5.82. The van der Waals surface area contributed by atoms with Gasteiger partial charge in [0.15, 0.2) is 0 Å². The van der Waals surface area contributed by atoms with Crippen molar-refractivity contribution >= 4 is 10.8 Å². The van der Waals surface area contributed by atoms with E-state index in [1.807, 2.05) is 18.2 Å². The van der Waals surface area contributed by atoms with Gasteiger partial charge in [-0.15, -0.1) is 0 Å². The maximum atomic E-state index is 6.70. The van der Waals surface area contributed by atoms with E-state index in [1.165, 1.54) is 27.5 Å². The first-order valence-electron chi connectivity index (χ1n) is 15.4. The van der Waals surface area contributed by atoms with Crippen molar-refractivity contribution in [1.82, 2.24) is 15.5 Å². The molecule has 6 heteroatoms. The van der Waals surface area contributed by atoms with E-state index >= 15 is 0 Å². The number of ether oxygens (including phenoxy) is 3. The third-order valence-corrected chi connectivity index (χ3v) is 8.45.